The molecule has 0 radical (unpaired) electrons. The fraction of sp³-hybridized carbons (Fsp3) is 0.850. The van der Waals surface area contributed by atoms with E-state index in [9.17, 15) is 4.79 Å². The van der Waals surface area contributed by atoms with Crippen molar-refractivity contribution in [2.75, 3.05) is 11.5 Å². The molecular weight excluding hydrogens is 394 g/mol. The third kappa shape index (κ3) is 4.67. The van der Waals surface area contributed by atoms with Gasteiger partial charge in [0, 0.05) is 11.8 Å². The molecule has 0 saturated heterocycles. The maximum absolute atomic E-state index is 12.6. The monoisotopic (exact) mass is 425 g/mol. The summed E-state index contributed by atoms with van der Waals surface area (Å²) < 4.78 is 1.91. The number of thioether (sulfide) groups is 2. The minimum absolute atomic E-state index is 0.148. The smallest absolute Gasteiger partial charge is 0.230 e. The second-order valence-corrected chi connectivity index (χ2v) is 12.9. The highest BCUT2D eigenvalue weighted by molar-refractivity contribution is 8.03. The summed E-state index contributed by atoms with van der Waals surface area (Å²) >= 11 is 4.89. The van der Waals surface area contributed by atoms with Crippen molar-refractivity contribution < 1.29 is 4.79 Å². The number of amides is 1. The van der Waals surface area contributed by atoms with Crippen LogP contribution in [-0.4, -0.2) is 33.7 Å². The van der Waals surface area contributed by atoms with Crippen molar-refractivity contribution in [3.05, 3.63) is 0 Å². The van der Waals surface area contributed by atoms with E-state index in [1.165, 1.54) is 50.3 Å². The highest BCUT2D eigenvalue weighted by Crippen LogP contribution is 2.61. The molecule has 150 valence electrons. The maximum Gasteiger partial charge on any atom is 0.230 e. The summed E-state index contributed by atoms with van der Waals surface area (Å²) in [7, 11) is 0. The van der Waals surface area contributed by atoms with Gasteiger partial charge in [0.2, 0.25) is 5.91 Å². The van der Waals surface area contributed by atoms with E-state index in [1.807, 2.05) is 0 Å². The molecular formula is C20H31N3OS3. The molecule has 4 nitrogen and oxygen atoms in total. The Labute approximate surface area is 175 Å². The largest absolute Gasteiger partial charge is 0.352 e. The van der Waals surface area contributed by atoms with Gasteiger partial charge in [-0.05, 0) is 74.5 Å². The van der Waals surface area contributed by atoms with Crippen molar-refractivity contribution in [1.29, 1.82) is 0 Å². The molecule has 1 N–H and O–H groups in total. The van der Waals surface area contributed by atoms with Crippen LogP contribution in [0.1, 0.15) is 59.3 Å². The Hall–Kier alpha value is -0.270. The number of nitrogens with one attached hydrogen (secondary N) is 1. The molecule has 7 heteroatoms. The Morgan fingerprint density at radius 2 is 1.63 bits per heavy atom. The van der Waals surface area contributed by atoms with Gasteiger partial charge in [-0.25, -0.2) is 0 Å². The van der Waals surface area contributed by atoms with Crippen LogP contribution in [0, 0.1) is 29.1 Å². The molecule has 1 aromatic heterocycles. The van der Waals surface area contributed by atoms with Crippen LogP contribution in [0.15, 0.2) is 8.68 Å². The van der Waals surface area contributed by atoms with Gasteiger partial charge in [-0.3, -0.25) is 4.79 Å². The van der Waals surface area contributed by atoms with Gasteiger partial charge in [0.05, 0.1) is 5.75 Å². The Kier molecular flexibility index (Phi) is 6.10. The van der Waals surface area contributed by atoms with Crippen LogP contribution in [0.5, 0.6) is 0 Å². The third-order valence-corrected chi connectivity index (χ3v) is 10.3. The molecule has 1 atom stereocenters. The van der Waals surface area contributed by atoms with Crippen LogP contribution in [0.3, 0.4) is 0 Å². The zero-order chi connectivity index (χ0) is 19.0. The number of rotatable bonds is 8. The average Bonchev–Trinajstić information content (AvgIpc) is 3.05. The Morgan fingerprint density at radius 1 is 1.07 bits per heavy atom. The number of carbonyl (C=O) groups excluding carboxylic acids is 1. The fourth-order valence-corrected chi connectivity index (χ4v) is 8.63. The first kappa shape index (κ1) is 20.0. The second-order valence-electron chi connectivity index (χ2n) is 9.40. The quantitative estimate of drug-likeness (QED) is 0.587. The van der Waals surface area contributed by atoms with Gasteiger partial charge >= 0.3 is 0 Å². The van der Waals surface area contributed by atoms with Crippen LogP contribution in [0.25, 0.3) is 0 Å². The molecule has 0 spiro atoms. The van der Waals surface area contributed by atoms with E-state index in [2.05, 4.69) is 36.3 Å². The summed E-state index contributed by atoms with van der Waals surface area (Å²) in [5, 5.41) is 11.8. The highest BCUT2D eigenvalue weighted by atomic mass is 32.2. The molecule has 5 rings (SSSR count). The number of hydrogen-bond donors (Lipinski definition) is 1. The molecule has 4 aliphatic rings. The van der Waals surface area contributed by atoms with E-state index in [-0.39, 0.29) is 5.91 Å². The molecule has 1 amide bonds. The van der Waals surface area contributed by atoms with E-state index >= 15 is 0 Å². The molecule has 0 aromatic carbocycles. The highest BCUT2D eigenvalue weighted by Gasteiger charge is 2.53. The van der Waals surface area contributed by atoms with Gasteiger partial charge in [0.15, 0.2) is 8.68 Å². The normalized spacial score (nSPS) is 32.8. The minimum atomic E-state index is 0.148. The molecule has 0 unspecified atom stereocenters. The lowest BCUT2D eigenvalue weighted by Gasteiger charge is -2.59. The Morgan fingerprint density at radius 3 is 2.19 bits per heavy atom. The molecule has 4 bridgehead atoms. The molecule has 4 fully saturated rings. The van der Waals surface area contributed by atoms with Crippen LogP contribution >= 0.6 is 34.9 Å². The predicted octanol–water partition coefficient (Wildman–Crippen LogP) is 5.10. The number of hydrogen-bond acceptors (Lipinski definition) is 6. The maximum atomic E-state index is 12.6. The first-order valence-electron chi connectivity index (χ1n) is 10.3. The topological polar surface area (TPSA) is 54.9 Å². The zero-order valence-corrected chi connectivity index (χ0v) is 19.0. The van der Waals surface area contributed by atoms with Crippen LogP contribution in [-0.2, 0) is 4.79 Å². The van der Waals surface area contributed by atoms with Crippen molar-refractivity contribution in [2.24, 2.45) is 29.1 Å². The number of nitrogens with zero attached hydrogens (tertiary/aromatic N) is 2. The van der Waals surface area contributed by atoms with Gasteiger partial charge < -0.3 is 5.32 Å². The summed E-state index contributed by atoms with van der Waals surface area (Å²) in [6.07, 6.45) is 8.35. The Bertz CT molecular complexity index is 640. The summed E-state index contributed by atoms with van der Waals surface area (Å²) in [4.78, 5) is 12.6. The summed E-state index contributed by atoms with van der Waals surface area (Å²) in [6, 6.07) is 0.297. The standard InChI is InChI=1S/C20H31N3OS3/c1-12(2)10-25-18-22-23-19(27-18)26-11-17(24)21-13(3)20-7-14-4-15(8-20)6-16(5-14)9-20/h12-16H,4-11H2,1-3H3,(H,21,24)/t13-,14?,15?,16?,20?/m1/s1. The van der Waals surface area contributed by atoms with E-state index in [0.717, 1.165) is 32.2 Å². The predicted molar refractivity (Wildman–Crippen MR) is 114 cm³/mol. The minimum Gasteiger partial charge on any atom is -0.352 e. The summed E-state index contributed by atoms with van der Waals surface area (Å²) in [5.41, 5.74) is 0.373. The van der Waals surface area contributed by atoms with Gasteiger partial charge in [-0.2, -0.15) is 0 Å². The lowest BCUT2D eigenvalue weighted by molar-refractivity contribution is -0.123. The molecule has 4 saturated carbocycles. The van der Waals surface area contributed by atoms with Crippen molar-refractivity contribution in [1.82, 2.24) is 15.5 Å². The molecule has 0 aliphatic heterocycles. The van der Waals surface area contributed by atoms with E-state index in [4.69, 9.17) is 0 Å². The third-order valence-electron chi connectivity index (χ3n) is 6.64. The Balaban J connectivity index is 1.26. The van der Waals surface area contributed by atoms with Crippen LogP contribution < -0.4 is 5.32 Å². The zero-order valence-electron chi connectivity index (χ0n) is 16.6. The molecule has 1 heterocycles. The first-order valence-corrected chi connectivity index (χ1v) is 13.1. The van der Waals surface area contributed by atoms with Gasteiger partial charge in [-0.15, -0.1) is 10.2 Å². The lowest BCUT2D eigenvalue weighted by atomic mass is 9.48. The second kappa shape index (κ2) is 8.23. The van der Waals surface area contributed by atoms with E-state index < -0.39 is 0 Å². The summed E-state index contributed by atoms with van der Waals surface area (Å²) in [6.45, 7) is 6.67. The van der Waals surface area contributed by atoms with Crippen molar-refractivity contribution in [3.8, 4) is 0 Å². The first-order chi connectivity index (χ1) is 12.9. The molecule has 1 aromatic rings. The fourth-order valence-electron chi connectivity index (χ4n) is 5.82. The van der Waals surface area contributed by atoms with E-state index in [1.54, 1.807) is 23.1 Å². The summed E-state index contributed by atoms with van der Waals surface area (Å²) in [5.74, 6) is 5.07. The van der Waals surface area contributed by atoms with Crippen molar-refractivity contribution in [3.63, 3.8) is 0 Å². The number of aromatic nitrogens is 2. The van der Waals surface area contributed by atoms with E-state index in [0.29, 0.717) is 23.1 Å². The SMILES string of the molecule is CC(C)CSc1nnc(SCC(=O)N[C@H](C)C23CC4CC(CC(C4)C2)C3)s1. The van der Waals surface area contributed by atoms with Gasteiger partial charge in [-0.1, -0.05) is 48.7 Å². The van der Waals surface area contributed by atoms with Crippen molar-refractivity contribution in [2.45, 2.75) is 74.0 Å². The lowest BCUT2D eigenvalue weighted by Crippen LogP contribution is -2.56. The van der Waals surface area contributed by atoms with Crippen molar-refractivity contribution >= 4 is 40.8 Å². The van der Waals surface area contributed by atoms with Gasteiger partial charge in [0.25, 0.3) is 0 Å². The van der Waals surface area contributed by atoms with Gasteiger partial charge in [0.1, 0.15) is 0 Å². The molecule has 27 heavy (non-hydrogen) atoms. The molecule has 4 aliphatic carbocycles. The van der Waals surface area contributed by atoms with Crippen LogP contribution in [0.2, 0.25) is 0 Å². The van der Waals surface area contributed by atoms with Crippen LogP contribution in [0.4, 0.5) is 0 Å². The number of carbonyl (C=O) groups is 1. The average molecular weight is 426 g/mol.